The molecule has 0 atom stereocenters. The molecule has 0 aliphatic carbocycles. The van der Waals surface area contributed by atoms with Crippen LogP contribution >= 0.6 is 0 Å². The van der Waals surface area contributed by atoms with E-state index in [1.165, 1.54) is 65.7 Å². The fourth-order valence-corrected chi connectivity index (χ4v) is 11.4. The zero-order valence-corrected chi connectivity index (χ0v) is 51.2. The van der Waals surface area contributed by atoms with E-state index in [9.17, 15) is 0 Å². The van der Waals surface area contributed by atoms with Crippen molar-refractivity contribution in [1.29, 1.82) is 0 Å². The molecule has 0 N–H and O–H groups in total. The number of aryl methyl sites for hydroxylation is 3. The van der Waals surface area contributed by atoms with Crippen LogP contribution in [0.2, 0.25) is 0 Å². The van der Waals surface area contributed by atoms with Gasteiger partial charge in [-0.15, -0.1) is 0 Å². The van der Waals surface area contributed by atoms with E-state index in [-0.39, 0.29) is 0 Å². The first-order valence-electron chi connectivity index (χ1n) is 30.6. The van der Waals surface area contributed by atoms with Crippen LogP contribution in [0, 0.1) is 20.8 Å². The first-order valence-corrected chi connectivity index (χ1v) is 30.6. The summed E-state index contributed by atoms with van der Waals surface area (Å²) in [7, 11) is 0. The van der Waals surface area contributed by atoms with Gasteiger partial charge in [-0.05, 0) is 123 Å². The van der Waals surface area contributed by atoms with Gasteiger partial charge in [0.05, 0.1) is 5.69 Å². The first-order chi connectivity index (χ1) is 45.8. The molecule has 93 heavy (non-hydrogen) atoms. The van der Waals surface area contributed by atoms with Gasteiger partial charge in [0.1, 0.15) is 17.5 Å². The van der Waals surface area contributed by atoms with Crippen LogP contribution in [-0.4, -0.2) is 59.8 Å². The van der Waals surface area contributed by atoms with Crippen molar-refractivity contribution in [2.75, 3.05) is 0 Å². The van der Waals surface area contributed by atoms with Crippen molar-refractivity contribution in [3.8, 4) is 113 Å². The molecule has 12 heteroatoms. The highest BCUT2D eigenvalue weighted by Crippen LogP contribution is 2.34. The zero-order valence-electron chi connectivity index (χ0n) is 51.2. The molecule has 442 valence electrons. The second kappa shape index (κ2) is 26.7. The molecule has 6 heterocycles. The van der Waals surface area contributed by atoms with Gasteiger partial charge in [0.2, 0.25) is 0 Å². The summed E-state index contributed by atoms with van der Waals surface area (Å²) in [6.07, 6.45) is 8.79. The topological polar surface area (TPSA) is 155 Å². The molecular weight excluding hydrogens is 1140 g/mol. The third-order valence-corrected chi connectivity index (χ3v) is 15.9. The molecule has 0 saturated carbocycles. The number of aromatic nitrogens is 12. The van der Waals surface area contributed by atoms with E-state index in [1.54, 1.807) is 31.0 Å². The van der Waals surface area contributed by atoms with Crippen LogP contribution in [0.5, 0.6) is 0 Å². The quantitative estimate of drug-likeness (QED) is 0.128. The van der Waals surface area contributed by atoms with Crippen molar-refractivity contribution in [3.05, 3.63) is 315 Å². The molecule has 16 aromatic rings. The molecule has 0 radical (unpaired) electrons. The lowest BCUT2D eigenvalue weighted by Gasteiger charge is -2.09. The summed E-state index contributed by atoms with van der Waals surface area (Å²) in [5.74, 6) is 6.05. The Morgan fingerprint density at radius 1 is 0.204 bits per heavy atom. The summed E-state index contributed by atoms with van der Waals surface area (Å²) in [4.78, 5) is 54.0. The predicted molar refractivity (Wildman–Crippen MR) is 374 cm³/mol. The summed E-state index contributed by atoms with van der Waals surface area (Å²) in [5, 5.41) is 7.46. The largest absolute Gasteiger partial charge is 0.265 e. The minimum absolute atomic E-state index is 0.638. The molecule has 0 amide bonds. The molecule has 0 unspecified atom stereocenters. The molecule has 16 rings (SSSR count). The van der Waals surface area contributed by atoms with E-state index >= 15 is 0 Å². The van der Waals surface area contributed by atoms with Gasteiger partial charge in [-0.1, -0.05) is 231 Å². The number of benzene rings is 10. The smallest absolute Gasteiger partial charge is 0.165 e. The summed E-state index contributed by atoms with van der Waals surface area (Å²) in [6, 6.07) is 91.5. The predicted octanol–water partition coefficient (Wildman–Crippen LogP) is 18.9. The van der Waals surface area contributed by atoms with Gasteiger partial charge in [-0.2, -0.15) is 0 Å². The van der Waals surface area contributed by atoms with Gasteiger partial charge in [-0.25, -0.2) is 44.9 Å². The van der Waals surface area contributed by atoms with E-state index in [4.69, 9.17) is 4.98 Å². The Hall–Kier alpha value is -12.5. The second-order valence-corrected chi connectivity index (χ2v) is 22.2. The Morgan fingerprint density at radius 3 is 0.882 bits per heavy atom. The van der Waals surface area contributed by atoms with Crippen LogP contribution in [0.3, 0.4) is 0 Å². The van der Waals surface area contributed by atoms with Crippen LogP contribution in [0.1, 0.15) is 17.5 Å². The van der Waals surface area contributed by atoms with Crippen molar-refractivity contribution in [2.45, 2.75) is 20.8 Å². The molecule has 6 aromatic heterocycles. The highest BCUT2D eigenvalue weighted by atomic mass is 15.0. The van der Waals surface area contributed by atoms with Crippen molar-refractivity contribution in [3.63, 3.8) is 0 Å². The number of pyridine rings is 3. The Labute approximate surface area is 538 Å². The van der Waals surface area contributed by atoms with Crippen LogP contribution < -0.4 is 0 Å². The van der Waals surface area contributed by atoms with E-state index in [0.717, 1.165) is 44.6 Å². The third-order valence-electron chi connectivity index (χ3n) is 15.9. The zero-order chi connectivity index (χ0) is 62.9. The van der Waals surface area contributed by atoms with Crippen LogP contribution in [0.15, 0.2) is 298 Å². The van der Waals surface area contributed by atoms with Crippen molar-refractivity contribution < 1.29 is 0 Å². The van der Waals surface area contributed by atoms with Gasteiger partial charge in [0.15, 0.2) is 34.9 Å². The molecule has 0 aliphatic heterocycles. The number of rotatable bonds is 10. The maximum Gasteiger partial charge on any atom is 0.165 e. The minimum atomic E-state index is 0.638. The highest BCUT2D eigenvalue weighted by Gasteiger charge is 2.15. The second-order valence-electron chi connectivity index (χ2n) is 22.2. The fourth-order valence-electron chi connectivity index (χ4n) is 11.4. The van der Waals surface area contributed by atoms with Gasteiger partial charge in [0.25, 0.3) is 0 Å². The maximum atomic E-state index is 4.79. The van der Waals surface area contributed by atoms with Gasteiger partial charge >= 0.3 is 0 Å². The molecule has 0 spiro atoms. The molecular formula is C81H58N12. The van der Waals surface area contributed by atoms with E-state index in [2.05, 4.69) is 267 Å². The average Bonchev–Trinajstić information content (AvgIpc) is 1.17. The number of nitrogens with zero attached hydrogens (tertiary/aromatic N) is 12. The molecule has 12 nitrogen and oxygen atoms in total. The van der Waals surface area contributed by atoms with Crippen molar-refractivity contribution in [1.82, 2.24) is 59.8 Å². The Kier molecular flexibility index (Phi) is 16.7. The normalized spacial score (nSPS) is 11.0. The lowest BCUT2D eigenvalue weighted by Crippen LogP contribution is -1.99. The Morgan fingerprint density at radius 2 is 0.527 bits per heavy atom. The van der Waals surface area contributed by atoms with E-state index in [0.29, 0.717) is 52.4 Å². The number of hydrogen-bond donors (Lipinski definition) is 0. The lowest BCUT2D eigenvalue weighted by atomic mass is 9.97. The monoisotopic (exact) mass is 1200 g/mol. The standard InChI is InChI=1S/C31H22N4.2C25H18N4/c1-21-33-30(35-31(34-21)26-18-14-24(15-19-26)29-11-4-5-20-32-29)25-16-12-23(13-17-25)28-10-6-8-22-7-2-3-9-27(22)28;1-17-27-24(29-25(28-17)21-8-5-15-26-16-21)20-13-11-19(12-14-20)23-10-4-7-18-6-2-3-9-22(18)23;1-17-27-24(29-25(28-17)21-13-15-26-16-14-21)20-11-9-19(10-12-20)23-8-4-6-18-5-2-3-7-22(18)23/h2-20H,1H3;2*2-16H,1H3. The number of fused-ring (bicyclic) bond motifs is 3. The highest BCUT2D eigenvalue weighted by molar-refractivity contribution is 5.99. The van der Waals surface area contributed by atoms with Crippen LogP contribution in [0.25, 0.3) is 145 Å². The van der Waals surface area contributed by atoms with Gasteiger partial charge < -0.3 is 0 Å². The Balaban J connectivity index is 0.000000122. The SMILES string of the molecule is Cc1nc(-c2ccc(-c3cccc4ccccc34)cc2)nc(-c2cccnc2)n1.Cc1nc(-c2ccc(-c3ccccn3)cc2)nc(-c2ccc(-c3cccc4ccccc34)cc2)n1.Cc1nc(-c2ccncc2)nc(-c2ccc(-c3cccc4ccccc34)cc2)n1. The molecule has 0 bridgehead atoms. The van der Waals surface area contributed by atoms with E-state index < -0.39 is 0 Å². The van der Waals surface area contributed by atoms with E-state index in [1.807, 2.05) is 75.4 Å². The van der Waals surface area contributed by atoms with Gasteiger partial charge in [0, 0.05) is 69.9 Å². The summed E-state index contributed by atoms with van der Waals surface area (Å²) < 4.78 is 0. The molecule has 0 fully saturated rings. The minimum Gasteiger partial charge on any atom is -0.265 e. The van der Waals surface area contributed by atoms with Gasteiger partial charge in [-0.3, -0.25) is 15.0 Å². The van der Waals surface area contributed by atoms with Crippen molar-refractivity contribution >= 4 is 32.3 Å². The molecule has 0 aliphatic rings. The lowest BCUT2D eigenvalue weighted by molar-refractivity contribution is 0.990. The third kappa shape index (κ3) is 13.1. The average molecular weight is 1200 g/mol. The summed E-state index contributed by atoms with van der Waals surface area (Å²) >= 11 is 0. The number of hydrogen-bond acceptors (Lipinski definition) is 12. The first kappa shape index (κ1) is 58.2. The molecule has 10 aromatic carbocycles. The maximum absolute atomic E-state index is 4.79. The summed E-state index contributed by atoms with van der Waals surface area (Å²) in [5.41, 5.74) is 14.8. The Bertz CT molecular complexity index is 5040. The fraction of sp³-hybridized carbons (Fsp3) is 0.0370. The van der Waals surface area contributed by atoms with Crippen molar-refractivity contribution in [2.24, 2.45) is 0 Å². The van der Waals surface area contributed by atoms with Crippen LogP contribution in [-0.2, 0) is 0 Å². The van der Waals surface area contributed by atoms with Crippen LogP contribution in [0.4, 0.5) is 0 Å². The molecule has 0 saturated heterocycles. The summed E-state index contributed by atoms with van der Waals surface area (Å²) in [6.45, 7) is 5.68.